The monoisotopic (exact) mass is 660 g/mol. The molecule has 0 radical (unpaired) electrons. The molecular weight excluding hydrogens is 623 g/mol. The fraction of sp³-hybridized carbons (Fsp3) is 0.483. The average Bonchev–Trinajstić information content (AvgIpc) is 3.53. The lowest BCUT2D eigenvalue weighted by atomic mass is 9.80. The number of nitriles is 1. The number of para-hydroxylation sites is 1. The highest BCUT2D eigenvalue weighted by molar-refractivity contribution is 7.48. The summed E-state index contributed by atoms with van der Waals surface area (Å²) in [6, 6.07) is 11.9. The van der Waals surface area contributed by atoms with E-state index >= 15 is 0 Å². The second kappa shape index (κ2) is 13.7. The van der Waals surface area contributed by atoms with Gasteiger partial charge in [-0.2, -0.15) is 20.5 Å². The van der Waals surface area contributed by atoms with Crippen LogP contribution in [0.2, 0.25) is 0 Å². The van der Waals surface area contributed by atoms with Crippen LogP contribution >= 0.6 is 7.82 Å². The second-order valence-corrected chi connectivity index (χ2v) is 12.9. The number of rotatable bonds is 13. The molecule has 0 bridgehead atoms. The van der Waals surface area contributed by atoms with Crippen LogP contribution in [0.3, 0.4) is 0 Å². The number of ether oxygens (including phenoxy) is 3. The van der Waals surface area contributed by atoms with Gasteiger partial charge in [-0.05, 0) is 52.0 Å². The zero-order valence-corrected chi connectivity index (χ0v) is 27.0. The Balaban J connectivity index is 1.69. The number of hydroxylamine groups is 1. The predicted octanol–water partition coefficient (Wildman–Crippen LogP) is 2.81. The van der Waals surface area contributed by atoms with Gasteiger partial charge in [0.15, 0.2) is 11.9 Å². The van der Waals surface area contributed by atoms with Crippen molar-refractivity contribution in [3.8, 4) is 11.8 Å². The molecule has 0 amide bonds. The Hall–Kier alpha value is -4.10. The van der Waals surface area contributed by atoms with E-state index in [9.17, 15) is 24.5 Å². The number of benzene rings is 1. The number of phosphoric ester groups is 1. The zero-order chi connectivity index (χ0) is 33.9. The van der Waals surface area contributed by atoms with Crippen LogP contribution in [0.15, 0.2) is 48.8 Å². The highest BCUT2D eigenvalue weighted by atomic mass is 31.2. The van der Waals surface area contributed by atoms with Crippen molar-refractivity contribution in [3.63, 3.8) is 0 Å². The summed E-state index contributed by atoms with van der Waals surface area (Å²) >= 11 is 0. The maximum Gasteiger partial charge on any atom is 0.547 e. The fourth-order valence-electron chi connectivity index (χ4n) is 4.65. The van der Waals surface area contributed by atoms with Crippen molar-refractivity contribution < 1.29 is 47.1 Å². The van der Waals surface area contributed by atoms with Gasteiger partial charge in [-0.1, -0.05) is 32.0 Å². The molecule has 6 atom stereocenters. The molecule has 0 spiro atoms. The number of nitrogen functional groups attached to an aromatic ring is 1. The minimum atomic E-state index is -4.65. The molecule has 2 aromatic heterocycles. The van der Waals surface area contributed by atoms with Crippen molar-refractivity contribution >= 4 is 31.1 Å². The molecule has 4 N–H and O–H groups in total. The van der Waals surface area contributed by atoms with Gasteiger partial charge in [0.2, 0.25) is 5.60 Å². The van der Waals surface area contributed by atoms with Crippen molar-refractivity contribution in [1.29, 1.82) is 5.26 Å². The summed E-state index contributed by atoms with van der Waals surface area (Å²) in [5, 5.41) is 26.7. The number of carbonyl (C=O) groups excluding carboxylic acids is 2. The summed E-state index contributed by atoms with van der Waals surface area (Å²) in [5.41, 5.74) is 4.25. The molecule has 3 heterocycles. The van der Waals surface area contributed by atoms with Crippen molar-refractivity contribution in [2.75, 3.05) is 12.3 Å². The van der Waals surface area contributed by atoms with Crippen molar-refractivity contribution in [1.82, 2.24) is 20.1 Å². The summed E-state index contributed by atoms with van der Waals surface area (Å²) in [4.78, 5) is 29.1. The molecule has 1 aliphatic heterocycles. The normalized spacial score (nSPS) is 24.8. The van der Waals surface area contributed by atoms with Crippen LogP contribution in [-0.2, 0) is 43.1 Å². The first-order chi connectivity index (χ1) is 21.6. The standard InChI is InChI=1S/C29H37N6O10P/c1-17(2)26(36)42-24-22(43-29(15-30,28(24,6)38)23-13-12-21-25(31)32-16-33-35(21)23)14-40-46(39,44-20-10-8-7-9-11-20)45-34-19(5)27(37)41-18(3)4/h7-13,16-19,22,24,34,38H,14H2,1-6H3,(H2,31,32,33)/t19-,22-,24-,28-,29+,46-/m1/s1. The molecule has 0 unspecified atom stereocenters. The third-order valence-electron chi connectivity index (χ3n) is 7.05. The number of hydrogen-bond acceptors (Lipinski definition) is 15. The maximum absolute atomic E-state index is 14.0. The van der Waals surface area contributed by atoms with Gasteiger partial charge in [-0.15, -0.1) is 0 Å². The highest BCUT2D eigenvalue weighted by Gasteiger charge is 2.67. The number of aromatic nitrogens is 3. The number of fused-ring (bicyclic) bond motifs is 1. The minimum absolute atomic E-state index is 0.0521. The van der Waals surface area contributed by atoms with E-state index in [-0.39, 0.29) is 17.3 Å². The SMILES string of the molecule is CC(C)OC(=O)[C@@H](C)NO[P@](=O)(OC[C@H]1O[C@@](C#N)(c2ccc3c(N)ncnn23)[C@](C)(O)[C@@H]1OC(=O)C(C)C)Oc1ccccc1. The van der Waals surface area contributed by atoms with E-state index in [1.165, 1.54) is 42.6 Å². The quantitative estimate of drug-likeness (QED) is 0.136. The lowest BCUT2D eigenvalue weighted by molar-refractivity contribution is -0.168. The molecule has 248 valence electrons. The summed E-state index contributed by atoms with van der Waals surface area (Å²) in [6.45, 7) is 8.49. The Morgan fingerprint density at radius 2 is 1.87 bits per heavy atom. The first-order valence-corrected chi connectivity index (χ1v) is 15.8. The minimum Gasteiger partial charge on any atom is -0.462 e. The molecule has 0 saturated carbocycles. The number of nitrogens with two attached hydrogens (primary N) is 1. The van der Waals surface area contributed by atoms with Gasteiger partial charge >= 0.3 is 19.8 Å². The Morgan fingerprint density at radius 3 is 2.50 bits per heavy atom. The van der Waals surface area contributed by atoms with Crippen LogP contribution in [-0.4, -0.2) is 68.2 Å². The molecule has 1 aliphatic rings. The molecule has 17 heteroatoms. The first kappa shape index (κ1) is 34.8. The van der Waals surface area contributed by atoms with E-state index in [1.54, 1.807) is 45.9 Å². The lowest BCUT2D eigenvalue weighted by Gasteiger charge is -2.34. The number of carbonyl (C=O) groups is 2. The average molecular weight is 661 g/mol. The topological polar surface area (TPSA) is 219 Å². The van der Waals surface area contributed by atoms with Gasteiger partial charge in [-0.3, -0.25) is 14.1 Å². The number of nitrogens with zero attached hydrogens (tertiary/aromatic N) is 4. The van der Waals surface area contributed by atoms with Gasteiger partial charge in [0.25, 0.3) is 0 Å². The van der Waals surface area contributed by atoms with E-state index in [2.05, 4.69) is 15.6 Å². The fourth-order valence-corrected chi connectivity index (χ4v) is 5.79. The largest absolute Gasteiger partial charge is 0.547 e. The van der Waals surface area contributed by atoms with E-state index in [4.69, 9.17) is 33.6 Å². The van der Waals surface area contributed by atoms with Crippen molar-refractivity contribution in [3.05, 3.63) is 54.5 Å². The number of esters is 2. The second-order valence-electron chi connectivity index (χ2n) is 11.3. The molecule has 0 aliphatic carbocycles. The predicted molar refractivity (Wildman–Crippen MR) is 160 cm³/mol. The van der Waals surface area contributed by atoms with Crippen LogP contribution in [0.1, 0.15) is 47.2 Å². The molecule has 1 aromatic carbocycles. The molecule has 3 aromatic rings. The van der Waals surface area contributed by atoms with Gasteiger partial charge < -0.3 is 29.6 Å². The third-order valence-corrected chi connectivity index (χ3v) is 8.28. The molecule has 46 heavy (non-hydrogen) atoms. The highest BCUT2D eigenvalue weighted by Crippen LogP contribution is 2.52. The van der Waals surface area contributed by atoms with E-state index < -0.39 is 67.8 Å². The van der Waals surface area contributed by atoms with Crippen LogP contribution in [0, 0.1) is 17.2 Å². The third kappa shape index (κ3) is 7.00. The van der Waals surface area contributed by atoms with Gasteiger partial charge in [0.05, 0.1) is 24.3 Å². The first-order valence-electron chi connectivity index (χ1n) is 14.4. The Bertz CT molecular complexity index is 1640. The van der Waals surface area contributed by atoms with Gasteiger partial charge in [0.1, 0.15) is 41.4 Å². The smallest absolute Gasteiger partial charge is 0.462 e. The summed E-state index contributed by atoms with van der Waals surface area (Å²) in [5.74, 6) is -1.83. The van der Waals surface area contributed by atoms with Gasteiger partial charge in [-0.25, -0.2) is 14.1 Å². The molecule has 16 nitrogen and oxygen atoms in total. The molecular formula is C29H37N6O10P. The van der Waals surface area contributed by atoms with E-state index in [0.29, 0.717) is 5.52 Å². The number of anilines is 1. The zero-order valence-electron chi connectivity index (χ0n) is 26.1. The summed E-state index contributed by atoms with van der Waals surface area (Å²) in [6.07, 6.45) is -2.21. The van der Waals surface area contributed by atoms with Crippen LogP contribution in [0.4, 0.5) is 5.82 Å². The van der Waals surface area contributed by atoms with Gasteiger partial charge in [0, 0.05) is 0 Å². The number of phosphoric acid groups is 1. The maximum atomic E-state index is 14.0. The summed E-state index contributed by atoms with van der Waals surface area (Å²) in [7, 11) is -4.65. The summed E-state index contributed by atoms with van der Waals surface area (Å²) < 4.78 is 48.8. The van der Waals surface area contributed by atoms with Crippen LogP contribution in [0.5, 0.6) is 5.75 Å². The van der Waals surface area contributed by atoms with Crippen LogP contribution < -0.4 is 15.7 Å². The van der Waals surface area contributed by atoms with E-state index in [0.717, 1.165) is 6.33 Å². The number of nitrogens with one attached hydrogen (secondary N) is 1. The Morgan fingerprint density at radius 1 is 1.17 bits per heavy atom. The molecule has 1 saturated heterocycles. The number of aliphatic hydroxyl groups is 1. The van der Waals surface area contributed by atoms with Crippen molar-refractivity contribution in [2.45, 2.75) is 77.1 Å². The Labute approximate surface area is 265 Å². The van der Waals surface area contributed by atoms with Crippen LogP contribution in [0.25, 0.3) is 5.52 Å². The number of hydrogen-bond donors (Lipinski definition) is 3. The Kier molecular flexibility index (Phi) is 10.4. The van der Waals surface area contributed by atoms with Crippen molar-refractivity contribution in [2.24, 2.45) is 5.92 Å². The lowest BCUT2D eigenvalue weighted by Crippen LogP contribution is -2.54. The molecule has 1 fully saturated rings. The van der Waals surface area contributed by atoms with E-state index in [1.807, 2.05) is 6.07 Å². The molecule has 4 rings (SSSR count).